The molecule has 0 saturated heterocycles. The van der Waals surface area contributed by atoms with Crippen LogP contribution < -0.4 is 5.48 Å². The molecule has 0 aromatic carbocycles. The van der Waals surface area contributed by atoms with Gasteiger partial charge in [-0.25, -0.2) is 18.7 Å². The van der Waals surface area contributed by atoms with E-state index >= 15 is 0 Å². The van der Waals surface area contributed by atoms with Crippen LogP contribution in [-0.2, 0) is 21.2 Å². The van der Waals surface area contributed by atoms with Crippen LogP contribution in [0.15, 0.2) is 12.3 Å². The third-order valence-electron chi connectivity index (χ3n) is 7.06. The number of aromatic nitrogens is 1. The highest BCUT2D eigenvalue weighted by atomic mass is 32.2. The van der Waals surface area contributed by atoms with Crippen LogP contribution >= 0.6 is 0 Å². The summed E-state index contributed by atoms with van der Waals surface area (Å²) in [6, 6.07) is 1.45. The molecule has 2 heterocycles. The standard InChI is InChI=1S/C22H25N3O6S/c1-20(18(27)23-29,32(2,30)31)7-8-24-11-17-9-16(10-25(17)19(24)28)5-3-4-6-21-12-22(13-21,14-21)15-26/h9-10,26,29H,7-8,11-15H2,1-2H3,(H,23,27)/t20-,21?,22?/m1/s1. The van der Waals surface area contributed by atoms with Gasteiger partial charge in [-0.1, -0.05) is 11.8 Å². The van der Waals surface area contributed by atoms with Crippen LogP contribution in [0.25, 0.3) is 0 Å². The molecule has 0 radical (unpaired) electrons. The molecular formula is C22H25N3O6S. The number of hydrogen-bond acceptors (Lipinski definition) is 6. The van der Waals surface area contributed by atoms with E-state index in [9.17, 15) is 23.1 Å². The van der Waals surface area contributed by atoms with Crippen molar-refractivity contribution in [3.63, 3.8) is 0 Å². The zero-order valence-electron chi connectivity index (χ0n) is 17.9. The monoisotopic (exact) mass is 459 g/mol. The van der Waals surface area contributed by atoms with Gasteiger partial charge in [0.2, 0.25) is 0 Å². The van der Waals surface area contributed by atoms with Crippen LogP contribution in [0.2, 0.25) is 0 Å². The van der Waals surface area contributed by atoms with E-state index in [0.717, 1.165) is 25.5 Å². The summed E-state index contributed by atoms with van der Waals surface area (Å²) in [7, 11) is -3.83. The number of nitrogens with one attached hydrogen (secondary N) is 1. The molecule has 1 aliphatic heterocycles. The minimum Gasteiger partial charge on any atom is -0.396 e. The number of fused-ring (bicyclic) bond motifs is 1. The van der Waals surface area contributed by atoms with Crippen molar-refractivity contribution in [3.05, 3.63) is 23.5 Å². The number of amides is 2. The van der Waals surface area contributed by atoms with Gasteiger partial charge in [-0.05, 0) is 55.9 Å². The molecule has 170 valence electrons. The van der Waals surface area contributed by atoms with Crippen LogP contribution in [0.1, 0.15) is 43.9 Å². The third-order valence-corrected chi connectivity index (χ3v) is 9.09. The molecule has 32 heavy (non-hydrogen) atoms. The van der Waals surface area contributed by atoms with E-state index in [2.05, 4.69) is 23.7 Å². The van der Waals surface area contributed by atoms with Crippen molar-refractivity contribution >= 4 is 21.8 Å². The van der Waals surface area contributed by atoms with Crippen molar-refractivity contribution in [3.8, 4) is 23.7 Å². The van der Waals surface area contributed by atoms with Crippen molar-refractivity contribution < 1.29 is 28.3 Å². The van der Waals surface area contributed by atoms with Gasteiger partial charge in [0, 0.05) is 42.3 Å². The van der Waals surface area contributed by atoms with Gasteiger partial charge in [0.25, 0.3) is 5.91 Å². The van der Waals surface area contributed by atoms with Crippen molar-refractivity contribution in [2.75, 3.05) is 19.4 Å². The molecule has 1 atom stereocenters. The molecular weight excluding hydrogens is 434 g/mol. The Hall–Kier alpha value is -2.79. The zero-order valence-corrected chi connectivity index (χ0v) is 18.8. The van der Waals surface area contributed by atoms with Gasteiger partial charge in [-0.3, -0.25) is 14.6 Å². The van der Waals surface area contributed by atoms with E-state index in [1.165, 1.54) is 21.9 Å². The number of carbonyl (C=O) groups is 2. The summed E-state index contributed by atoms with van der Waals surface area (Å²) >= 11 is 0. The average Bonchev–Trinajstić information content (AvgIpc) is 3.20. The highest BCUT2D eigenvalue weighted by Gasteiger charge is 2.66. The number of hydroxylamine groups is 1. The van der Waals surface area contributed by atoms with Crippen LogP contribution in [-0.4, -0.2) is 64.3 Å². The number of hydrogen-bond donors (Lipinski definition) is 3. The Morgan fingerprint density at radius 1 is 1.31 bits per heavy atom. The van der Waals surface area contributed by atoms with Gasteiger partial charge in [0.05, 0.1) is 6.54 Å². The molecule has 4 aliphatic rings. The summed E-state index contributed by atoms with van der Waals surface area (Å²) in [6.45, 7) is 1.74. The van der Waals surface area contributed by atoms with Gasteiger partial charge in [-0.2, -0.15) is 0 Å². The largest absolute Gasteiger partial charge is 0.396 e. The van der Waals surface area contributed by atoms with Crippen LogP contribution in [0, 0.1) is 34.5 Å². The summed E-state index contributed by atoms with van der Waals surface area (Å²) < 4.78 is 23.8. The molecule has 0 unspecified atom stereocenters. The first-order valence-corrected chi connectivity index (χ1v) is 12.1. The predicted molar refractivity (Wildman–Crippen MR) is 114 cm³/mol. The minimum absolute atomic E-state index is 0.0292. The van der Waals surface area contributed by atoms with E-state index in [1.807, 2.05) is 0 Å². The molecule has 3 aliphatic carbocycles. The van der Waals surface area contributed by atoms with Gasteiger partial charge in [0.15, 0.2) is 14.6 Å². The number of nitrogens with zero attached hydrogens (tertiary/aromatic N) is 2. The second-order valence-electron chi connectivity index (χ2n) is 9.46. The lowest BCUT2D eigenvalue weighted by Gasteiger charge is -2.67. The van der Waals surface area contributed by atoms with E-state index < -0.39 is 20.5 Å². The number of sulfone groups is 1. The van der Waals surface area contributed by atoms with E-state index in [4.69, 9.17) is 5.21 Å². The molecule has 1 aromatic heterocycles. The first-order valence-electron chi connectivity index (χ1n) is 10.3. The number of rotatable bonds is 6. The number of aliphatic hydroxyl groups is 1. The second kappa shape index (κ2) is 7.38. The zero-order chi connectivity index (χ0) is 23.4. The van der Waals surface area contributed by atoms with Crippen LogP contribution in [0.3, 0.4) is 0 Å². The first-order chi connectivity index (χ1) is 15.0. The fourth-order valence-corrected chi connectivity index (χ4v) is 5.81. The van der Waals surface area contributed by atoms with Crippen LogP contribution in [0.4, 0.5) is 4.79 Å². The number of carbonyl (C=O) groups excluding carboxylic acids is 2. The Labute approximate surface area is 186 Å². The molecule has 2 bridgehead atoms. The summed E-state index contributed by atoms with van der Waals surface area (Å²) in [6.07, 6.45) is 5.20. The predicted octanol–water partition coefficient (Wildman–Crippen LogP) is 0.488. The Kier molecular flexibility index (Phi) is 5.17. The summed E-state index contributed by atoms with van der Waals surface area (Å²) in [5.74, 6) is 10.8. The summed E-state index contributed by atoms with van der Waals surface area (Å²) in [5.41, 5.74) is 2.92. The molecule has 3 saturated carbocycles. The highest BCUT2D eigenvalue weighted by Crippen LogP contribution is 2.72. The lowest BCUT2D eigenvalue weighted by Crippen LogP contribution is -2.62. The molecule has 1 aromatic rings. The Balaban J connectivity index is 1.37. The topological polar surface area (TPSA) is 129 Å². The lowest BCUT2D eigenvalue weighted by molar-refractivity contribution is -0.185. The van der Waals surface area contributed by atoms with Crippen molar-refractivity contribution in [2.45, 2.75) is 43.9 Å². The quantitative estimate of drug-likeness (QED) is 0.323. The number of aliphatic hydroxyl groups excluding tert-OH is 1. The molecule has 2 amide bonds. The third kappa shape index (κ3) is 3.49. The van der Waals surface area contributed by atoms with Crippen molar-refractivity contribution in [2.24, 2.45) is 10.8 Å². The minimum atomic E-state index is -3.83. The second-order valence-corrected chi connectivity index (χ2v) is 11.9. The molecule has 5 rings (SSSR count). The highest BCUT2D eigenvalue weighted by molar-refractivity contribution is 7.92. The fourth-order valence-electron chi connectivity index (χ4n) is 4.97. The van der Waals surface area contributed by atoms with E-state index in [-0.39, 0.29) is 43.0 Å². The van der Waals surface area contributed by atoms with E-state index in [1.54, 1.807) is 12.3 Å². The van der Waals surface area contributed by atoms with E-state index in [0.29, 0.717) is 11.3 Å². The molecule has 10 heteroatoms. The van der Waals surface area contributed by atoms with Gasteiger partial charge in [-0.15, -0.1) is 0 Å². The lowest BCUT2D eigenvalue weighted by atomic mass is 9.36. The maximum atomic E-state index is 12.7. The van der Waals surface area contributed by atoms with Crippen molar-refractivity contribution in [1.82, 2.24) is 14.9 Å². The molecule has 9 nitrogen and oxygen atoms in total. The van der Waals surface area contributed by atoms with Gasteiger partial charge >= 0.3 is 6.03 Å². The SMILES string of the molecule is C[C@@](CCN1Cc2cc(C#CC#CC34CC(CO)(C3)C4)cn2C1=O)(C(=O)NO)S(C)(=O)=O. The Bertz CT molecular complexity index is 1210. The normalized spacial score (nSPS) is 27.0. The van der Waals surface area contributed by atoms with Crippen LogP contribution in [0.5, 0.6) is 0 Å². The first kappa shape index (κ1) is 22.4. The fraction of sp³-hybridized carbons (Fsp3) is 0.545. The maximum absolute atomic E-state index is 12.7. The van der Waals surface area contributed by atoms with Crippen molar-refractivity contribution in [1.29, 1.82) is 0 Å². The van der Waals surface area contributed by atoms with Gasteiger partial charge in [0.1, 0.15) is 0 Å². The Morgan fingerprint density at radius 2 is 2.00 bits per heavy atom. The molecule has 0 spiro atoms. The summed E-state index contributed by atoms with van der Waals surface area (Å²) in [5, 5.41) is 18.2. The average molecular weight is 460 g/mol. The smallest absolute Gasteiger partial charge is 0.328 e. The Morgan fingerprint density at radius 3 is 2.56 bits per heavy atom. The molecule has 3 N–H and O–H groups in total. The maximum Gasteiger partial charge on any atom is 0.328 e. The summed E-state index contributed by atoms with van der Waals surface area (Å²) in [4.78, 5) is 26.1. The van der Waals surface area contributed by atoms with Gasteiger partial charge < -0.3 is 10.0 Å². The molecule has 3 fully saturated rings.